The Balaban J connectivity index is 1.42. The van der Waals surface area contributed by atoms with Gasteiger partial charge in [-0.2, -0.15) is 0 Å². The number of benzene rings is 1. The minimum Gasteiger partial charge on any atom is -0.496 e. The molecule has 4 rings (SSSR count). The van der Waals surface area contributed by atoms with Crippen LogP contribution in [0.3, 0.4) is 0 Å². The molecule has 42 heavy (non-hydrogen) atoms. The predicted molar refractivity (Wildman–Crippen MR) is 158 cm³/mol. The highest BCUT2D eigenvalue weighted by atomic mass is 19.1. The Kier molecular flexibility index (Phi) is 10.4. The third kappa shape index (κ3) is 7.56. The molecular weight excluding hydrogens is 539 g/mol. The summed E-state index contributed by atoms with van der Waals surface area (Å²) in [6, 6.07) is 2.30. The zero-order valence-electron chi connectivity index (χ0n) is 26.1. The summed E-state index contributed by atoms with van der Waals surface area (Å²) in [6.07, 6.45) is 6.98. The van der Waals surface area contributed by atoms with Gasteiger partial charge in [-0.25, -0.2) is 4.39 Å². The summed E-state index contributed by atoms with van der Waals surface area (Å²) in [6.45, 7) is 10.4. The molecule has 4 unspecified atom stereocenters. The summed E-state index contributed by atoms with van der Waals surface area (Å²) in [5.74, 6) is -0.658. The van der Waals surface area contributed by atoms with E-state index in [2.05, 4.69) is 24.5 Å². The highest BCUT2D eigenvalue weighted by Gasteiger charge is 2.51. The van der Waals surface area contributed by atoms with E-state index in [1.54, 1.807) is 0 Å². The van der Waals surface area contributed by atoms with Gasteiger partial charge in [0.2, 0.25) is 5.91 Å². The van der Waals surface area contributed by atoms with Gasteiger partial charge in [-0.1, -0.05) is 26.7 Å². The van der Waals surface area contributed by atoms with Crippen molar-refractivity contribution in [3.8, 4) is 11.5 Å². The molecule has 0 radical (unpaired) electrons. The molecule has 2 N–H and O–H groups in total. The van der Waals surface area contributed by atoms with E-state index >= 15 is 4.39 Å². The summed E-state index contributed by atoms with van der Waals surface area (Å²) < 4.78 is 32.0. The third-order valence-corrected chi connectivity index (χ3v) is 9.44. The molecule has 3 saturated carbocycles. The molecule has 2 bridgehead atoms. The Hall–Kier alpha value is -2.84. The van der Waals surface area contributed by atoms with Crippen molar-refractivity contribution in [2.24, 2.45) is 29.6 Å². The number of fused-ring (bicyclic) bond motifs is 2. The Morgan fingerprint density at radius 2 is 1.64 bits per heavy atom. The Morgan fingerprint density at radius 3 is 2.26 bits per heavy atom. The number of hydrogen-bond acceptors (Lipinski definition) is 6. The van der Waals surface area contributed by atoms with Crippen molar-refractivity contribution < 1.29 is 33.0 Å². The molecule has 0 spiro atoms. The smallest absolute Gasteiger partial charge is 0.309 e. The molecule has 1 aromatic carbocycles. The fourth-order valence-corrected chi connectivity index (χ4v) is 7.00. The van der Waals surface area contributed by atoms with E-state index in [9.17, 15) is 14.4 Å². The maximum absolute atomic E-state index is 15.1. The van der Waals surface area contributed by atoms with E-state index in [-0.39, 0.29) is 64.8 Å². The second-order valence-electron chi connectivity index (χ2n) is 13.4. The van der Waals surface area contributed by atoms with Crippen LogP contribution in [0.4, 0.5) is 4.39 Å². The maximum atomic E-state index is 15.1. The molecule has 9 heteroatoms. The quantitative estimate of drug-likeness (QED) is 0.316. The van der Waals surface area contributed by atoms with E-state index in [4.69, 9.17) is 14.2 Å². The molecular formula is C33H49FN2O6. The lowest BCUT2D eigenvalue weighted by atomic mass is 9.83. The molecule has 234 valence electrons. The van der Waals surface area contributed by atoms with Gasteiger partial charge in [0.1, 0.15) is 11.4 Å². The van der Waals surface area contributed by atoms with Crippen LogP contribution >= 0.6 is 0 Å². The molecule has 0 heterocycles. The van der Waals surface area contributed by atoms with Gasteiger partial charge in [0, 0.05) is 18.7 Å². The average Bonchev–Trinajstić information content (AvgIpc) is 3.56. The summed E-state index contributed by atoms with van der Waals surface area (Å²) in [5, 5.41) is 6.27. The van der Waals surface area contributed by atoms with E-state index in [1.807, 2.05) is 20.8 Å². The van der Waals surface area contributed by atoms with Crippen LogP contribution in [0.15, 0.2) is 12.1 Å². The van der Waals surface area contributed by atoms with E-state index in [0.29, 0.717) is 38.1 Å². The maximum Gasteiger partial charge on any atom is 0.309 e. The molecule has 0 aliphatic heterocycles. The largest absolute Gasteiger partial charge is 0.496 e. The SMILES string of the molecule is CCC(CC)CNC(=O)C1C2CCC(C2)C1NC(=O)c1cc(OC2CCC(C(=O)OC(C)(C)C)CC2)c(F)cc1OC. The van der Waals surface area contributed by atoms with Crippen molar-refractivity contribution >= 4 is 17.8 Å². The van der Waals surface area contributed by atoms with E-state index in [0.717, 1.165) is 32.1 Å². The molecule has 1 aromatic rings. The third-order valence-electron chi connectivity index (χ3n) is 9.44. The fraction of sp³-hybridized carbons (Fsp3) is 0.727. The van der Waals surface area contributed by atoms with Crippen LogP contribution in [0, 0.1) is 35.4 Å². The highest BCUT2D eigenvalue weighted by molar-refractivity contribution is 5.98. The monoisotopic (exact) mass is 588 g/mol. The Labute approximate surface area is 249 Å². The molecule has 4 atom stereocenters. The van der Waals surface area contributed by atoms with E-state index in [1.165, 1.54) is 19.2 Å². The number of nitrogens with one attached hydrogen (secondary N) is 2. The Bertz CT molecular complexity index is 1120. The van der Waals surface area contributed by atoms with Crippen molar-refractivity contribution in [1.29, 1.82) is 0 Å². The predicted octanol–water partition coefficient (Wildman–Crippen LogP) is 5.81. The zero-order valence-corrected chi connectivity index (χ0v) is 26.1. The van der Waals surface area contributed by atoms with Gasteiger partial charge in [0.15, 0.2) is 11.6 Å². The summed E-state index contributed by atoms with van der Waals surface area (Å²) in [7, 11) is 1.40. The minimum atomic E-state index is -0.615. The fourth-order valence-electron chi connectivity index (χ4n) is 7.00. The molecule has 0 saturated heterocycles. The van der Waals surface area contributed by atoms with Crippen molar-refractivity contribution in [2.45, 2.75) is 110 Å². The van der Waals surface area contributed by atoms with Crippen LogP contribution in [0.25, 0.3) is 0 Å². The number of rotatable bonds is 11. The minimum absolute atomic E-state index is 0.0106. The van der Waals surface area contributed by atoms with Gasteiger partial charge in [-0.15, -0.1) is 0 Å². The van der Waals surface area contributed by atoms with Crippen molar-refractivity contribution in [1.82, 2.24) is 10.6 Å². The number of esters is 1. The van der Waals surface area contributed by atoms with Crippen LogP contribution in [0.1, 0.15) is 103 Å². The molecule has 2 amide bonds. The molecule has 3 fully saturated rings. The summed E-state index contributed by atoms with van der Waals surface area (Å²) in [5.41, 5.74) is -0.363. The zero-order chi connectivity index (χ0) is 30.6. The number of carbonyl (C=O) groups is 3. The number of methoxy groups -OCH3 is 1. The Morgan fingerprint density at radius 1 is 0.976 bits per heavy atom. The molecule has 3 aliphatic rings. The van der Waals surface area contributed by atoms with Gasteiger partial charge < -0.3 is 24.8 Å². The number of amides is 2. The first kappa shape index (κ1) is 32.1. The lowest BCUT2D eigenvalue weighted by Gasteiger charge is -2.31. The topological polar surface area (TPSA) is 103 Å². The van der Waals surface area contributed by atoms with Crippen LogP contribution in [-0.2, 0) is 14.3 Å². The first-order chi connectivity index (χ1) is 19.9. The second-order valence-corrected chi connectivity index (χ2v) is 13.4. The van der Waals surface area contributed by atoms with Crippen LogP contribution in [0.2, 0.25) is 0 Å². The number of carbonyl (C=O) groups excluding carboxylic acids is 3. The van der Waals surface area contributed by atoms with Crippen molar-refractivity contribution in [3.05, 3.63) is 23.5 Å². The number of hydrogen-bond donors (Lipinski definition) is 2. The number of halogens is 1. The van der Waals surface area contributed by atoms with Gasteiger partial charge in [-0.3, -0.25) is 14.4 Å². The molecule has 0 aromatic heterocycles. The van der Waals surface area contributed by atoms with Crippen molar-refractivity contribution in [3.63, 3.8) is 0 Å². The first-order valence-corrected chi connectivity index (χ1v) is 15.8. The van der Waals surface area contributed by atoms with Gasteiger partial charge >= 0.3 is 5.97 Å². The first-order valence-electron chi connectivity index (χ1n) is 15.8. The van der Waals surface area contributed by atoms with Crippen LogP contribution in [-0.4, -0.2) is 49.2 Å². The second kappa shape index (κ2) is 13.6. The standard InChI is InChI=1S/C33H49FN2O6/c1-7-19(8-2)18-35-31(38)28-21-9-10-22(15-21)29(28)36-30(37)24-16-27(25(34)17-26(24)40-6)41-23-13-11-20(12-14-23)32(39)42-33(3,4)5/h16-17,19-23,28-29H,7-15,18H2,1-6H3,(H,35,38)(H,36,37). The van der Waals surface area contributed by atoms with Gasteiger partial charge in [-0.05, 0) is 89.5 Å². The molecule has 8 nitrogen and oxygen atoms in total. The van der Waals surface area contributed by atoms with Crippen LogP contribution in [0.5, 0.6) is 11.5 Å². The van der Waals surface area contributed by atoms with Crippen molar-refractivity contribution in [2.75, 3.05) is 13.7 Å². The average molecular weight is 589 g/mol. The summed E-state index contributed by atoms with van der Waals surface area (Å²) >= 11 is 0. The van der Waals surface area contributed by atoms with Crippen LogP contribution < -0.4 is 20.1 Å². The normalized spacial score (nSPS) is 27.0. The van der Waals surface area contributed by atoms with Gasteiger partial charge in [0.25, 0.3) is 5.91 Å². The molecule has 3 aliphatic carbocycles. The van der Waals surface area contributed by atoms with E-state index < -0.39 is 17.3 Å². The lowest BCUT2D eigenvalue weighted by molar-refractivity contribution is -0.161. The summed E-state index contributed by atoms with van der Waals surface area (Å²) in [4.78, 5) is 39.4. The number of ether oxygens (including phenoxy) is 3. The van der Waals surface area contributed by atoms with Gasteiger partial charge in [0.05, 0.1) is 30.6 Å². The highest BCUT2D eigenvalue weighted by Crippen LogP contribution is 2.49. The lowest BCUT2D eigenvalue weighted by Crippen LogP contribution is -2.50.